The summed E-state index contributed by atoms with van der Waals surface area (Å²) in [7, 11) is 0. The second-order valence-electron chi connectivity index (χ2n) is 3.87. The van der Waals surface area contributed by atoms with Crippen LogP contribution in [0.15, 0.2) is 0 Å². The number of urea groups is 1. The van der Waals surface area contributed by atoms with Gasteiger partial charge in [0.05, 0.1) is 0 Å². The second kappa shape index (κ2) is 3.52. The van der Waals surface area contributed by atoms with E-state index in [4.69, 9.17) is 5.11 Å². The molecule has 0 radical (unpaired) electrons. The summed E-state index contributed by atoms with van der Waals surface area (Å²) in [5, 5.41) is 11.0. The highest BCUT2D eigenvalue weighted by atomic mass is 16.4. The van der Waals surface area contributed by atoms with Crippen LogP contribution >= 0.6 is 0 Å². The van der Waals surface area contributed by atoms with Gasteiger partial charge in [-0.1, -0.05) is 0 Å². The Balaban J connectivity index is 1.95. The average Bonchev–Trinajstić information content (AvgIpc) is 2.92. The minimum absolute atomic E-state index is 0.0485. The van der Waals surface area contributed by atoms with Crippen molar-refractivity contribution in [2.45, 2.75) is 37.8 Å². The third-order valence-electron chi connectivity index (χ3n) is 2.61. The van der Waals surface area contributed by atoms with Gasteiger partial charge in [-0.2, -0.15) is 0 Å². The summed E-state index contributed by atoms with van der Waals surface area (Å²) in [6.07, 6.45) is 1.80. The van der Waals surface area contributed by atoms with E-state index >= 15 is 0 Å². The molecule has 6 heteroatoms. The van der Waals surface area contributed by atoms with Crippen LogP contribution < -0.4 is 5.32 Å². The Hall–Kier alpha value is -1.59. The Bertz CT molecular complexity index is 324. The summed E-state index contributed by atoms with van der Waals surface area (Å²) in [5.41, 5.74) is 0. The lowest BCUT2D eigenvalue weighted by atomic mass is 10.1. The van der Waals surface area contributed by atoms with E-state index in [1.54, 1.807) is 0 Å². The predicted molar refractivity (Wildman–Crippen MR) is 49.1 cm³/mol. The maximum atomic E-state index is 11.7. The fourth-order valence-corrected chi connectivity index (χ4v) is 1.69. The topological polar surface area (TPSA) is 86.7 Å². The van der Waals surface area contributed by atoms with Crippen molar-refractivity contribution in [1.29, 1.82) is 0 Å². The molecule has 2 N–H and O–H groups in total. The molecule has 15 heavy (non-hydrogen) atoms. The monoisotopic (exact) mass is 212 g/mol. The number of amides is 3. The number of carbonyl (C=O) groups is 3. The van der Waals surface area contributed by atoms with E-state index in [1.165, 1.54) is 4.90 Å². The number of carboxylic acid groups (broad SMARTS) is 1. The van der Waals surface area contributed by atoms with Crippen LogP contribution in [-0.2, 0) is 9.59 Å². The Morgan fingerprint density at radius 3 is 2.67 bits per heavy atom. The minimum atomic E-state index is -0.957. The minimum Gasteiger partial charge on any atom is -0.481 e. The summed E-state index contributed by atoms with van der Waals surface area (Å²) in [5.74, 6) is -1.23. The number of hydrogen-bond acceptors (Lipinski definition) is 3. The van der Waals surface area contributed by atoms with Gasteiger partial charge >= 0.3 is 12.0 Å². The van der Waals surface area contributed by atoms with Crippen LogP contribution in [0.25, 0.3) is 0 Å². The maximum Gasteiger partial charge on any atom is 0.325 e. The van der Waals surface area contributed by atoms with Gasteiger partial charge in [0, 0.05) is 12.5 Å². The van der Waals surface area contributed by atoms with Crippen LogP contribution in [0.1, 0.15) is 25.7 Å². The highest BCUT2D eigenvalue weighted by molar-refractivity contribution is 6.04. The fraction of sp³-hybridized carbons (Fsp3) is 0.667. The Morgan fingerprint density at radius 1 is 1.47 bits per heavy atom. The average molecular weight is 212 g/mol. The zero-order valence-corrected chi connectivity index (χ0v) is 8.10. The number of hydrogen-bond donors (Lipinski definition) is 2. The van der Waals surface area contributed by atoms with Crippen LogP contribution in [0.4, 0.5) is 4.79 Å². The molecule has 1 aliphatic heterocycles. The summed E-state index contributed by atoms with van der Waals surface area (Å²) >= 11 is 0. The second-order valence-corrected chi connectivity index (χ2v) is 3.87. The van der Waals surface area contributed by atoms with E-state index in [2.05, 4.69) is 5.32 Å². The van der Waals surface area contributed by atoms with E-state index in [9.17, 15) is 14.4 Å². The van der Waals surface area contributed by atoms with Gasteiger partial charge in [0.25, 0.3) is 5.91 Å². The molecular weight excluding hydrogens is 200 g/mol. The Labute approximate surface area is 86.2 Å². The lowest BCUT2D eigenvalue weighted by molar-refractivity contribution is -0.137. The lowest BCUT2D eigenvalue weighted by Gasteiger charge is -2.10. The van der Waals surface area contributed by atoms with Gasteiger partial charge in [-0.3, -0.25) is 14.5 Å². The van der Waals surface area contributed by atoms with Crippen molar-refractivity contribution in [2.75, 3.05) is 0 Å². The molecule has 0 spiro atoms. The molecule has 2 rings (SSSR count). The number of rotatable bonds is 4. The zero-order valence-electron chi connectivity index (χ0n) is 8.10. The van der Waals surface area contributed by atoms with E-state index in [-0.39, 0.29) is 30.8 Å². The molecule has 0 aromatic heterocycles. The molecule has 6 nitrogen and oxygen atoms in total. The third kappa shape index (κ3) is 1.93. The van der Waals surface area contributed by atoms with E-state index in [0.717, 1.165) is 12.8 Å². The van der Waals surface area contributed by atoms with Crippen LogP contribution in [0.5, 0.6) is 0 Å². The normalized spacial score (nSPS) is 25.6. The van der Waals surface area contributed by atoms with Crippen molar-refractivity contribution in [3.8, 4) is 0 Å². The summed E-state index contributed by atoms with van der Waals surface area (Å²) in [4.78, 5) is 34.6. The maximum absolute atomic E-state index is 11.7. The van der Waals surface area contributed by atoms with Crippen LogP contribution in [0.3, 0.4) is 0 Å². The quantitative estimate of drug-likeness (QED) is 0.639. The molecule has 1 atom stereocenters. The lowest BCUT2D eigenvalue weighted by Crippen LogP contribution is -2.33. The molecule has 0 aromatic rings. The number of carbonyl (C=O) groups excluding carboxylic acids is 2. The number of imide groups is 1. The molecule has 1 unspecified atom stereocenters. The summed E-state index contributed by atoms with van der Waals surface area (Å²) < 4.78 is 0. The molecule has 2 fully saturated rings. The van der Waals surface area contributed by atoms with Crippen LogP contribution in [-0.4, -0.2) is 40.0 Å². The van der Waals surface area contributed by atoms with Crippen molar-refractivity contribution in [3.63, 3.8) is 0 Å². The Morgan fingerprint density at radius 2 is 2.13 bits per heavy atom. The van der Waals surface area contributed by atoms with Crippen LogP contribution in [0.2, 0.25) is 0 Å². The van der Waals surface area contributed by atoms with Gasteiger partial charge in [0.15, 0.2) is 0 Å². The van der Waals surface area contributed by atoms with Crippen molar-refractivity contribution >= 4 is 17.9 Å². The standard InChI is InChI=1S/C9H12N2O4/c12-7(13)4-3-6-8(14)11(5-1-2-5)9(15)10-6/h5-6H,1-4H2,(H,10,15)(H,12,13). The number of nitrogens with zero attached hydrogens (tertiary/aromatic N) is 1. The van der Waals surface area contributed by atoms with E-state index in [0.29, 0.717) is 0 Å². The first-order valence-corrected chi connectivity index (χ1v) is 4.95. The van der Waals surface area contributed by atoms with Crippen molar-refractivity contribution in [2.24, 2.45) is 0 Å². The molecule has 1 aliphatic carbocycles. The number of carboxylic acids is 1. The predicted octanol–water partition coefficient (Wildman–Crippen LogP) is -0.0660. The van der Waals surface area contributed by atoms with Gasteiger partial charge < -0.3 is 10.4 Å². The first-order chi connectivity index (χ1) is 7.09. The largest absolute Gasteiger partial charge is 0.481 e. The van der Waals surface area contributed by atoms with Crippen LogP contribution in [0, 0.1) is 0 Å². The fourth-order valence-electron chi connectivity index (χ4n) is 1.69. The first-order valence-electron chi connectivity index (χ1n) is 4.95. The van der Waals surface area contributed by atoms with Gasteiger partial charge in [-0.15, -0.1) is 0 Å². The molecule has 1 saturated heterocycles. The van der Waals surface area contributed by atoms with Gasteiger partial charge in [0.1, 0.15) is 6.04 Å². The first kappa shape index (κ1) is 9.95. The van der Waals surface area contributed by atoms with E-state index in [1.807, 2.05) is 0 Å². The molecule has 0 aromatic carbocycles. The highest BCUT2D eigenvalue weighted by Gasteiger charge is 2.45. The number of nitrogens with one attached hydrogen (secondary N) is 1. The summed E-state index contributed by atoms with van der Waals surface area (Å²) in [6.45, 7) is 0. The molecule has 82 valence electrons. The highest BCUT2D eigenvalue weighted by Crippen LogP contribution is 2.30. The molecular formula is C9H12N2O4. The number of aliphatic carboxylic acids is 1. The van der Waals surface area contributed by atoms with Gasteiger partial charge in [-0.25, -0.2) is 4.79 Å². The SMILES string of the molecule is O=C(O)CCC1NC(=O)N(C2CC2)C1=O. The van der Waals surface area contributed by atoms with E-state index < -0.39 is 12.0 Å². The van der Waals surface area contributed by atoms with Crippen molar-refractivity contribution in [1.82, 2.24) is 10.2 Å². The van der Waals surface area contributed by atoms with Gasteiger partial charge in [-0.05, 0) is 19.3 Å². The Kier molecular flexibility index (Phi) is 2.34. The third-order valence-corrected chi connectivity index (χ3v) is 2.61. The smallest absolute Gasteiger partial charge is 0.325 e. The van der Waals surface area contributed by atoms with Gasteiger partial charge in [0.2, 0.25) is 0 Å². The molecule has 1 saturated carbocycles. The molecule has 0 bridgehead atoms. The molecule has 2 aliphatic rings. The van der Waals surface area contributed by atoms with Crippen molar-refractivity contribution in [3.05, 3.63) is 0 Å². The zero-order chi connectivity index (χ0) is 11.0. The molecule has 3 amide bonds. The summed E-state index contributed by atoms with van der Waals surface area (Å²) in [6, 6.07) is -0.973. The van der Waals surface area contributed by atoms with Crippen molar-refractivity contribution < 1.29 is 19.5 Å². The molecule has 1 heterocycles.